The van der Waals surface area contributed by atoms with Crippen molar-refractivity contribution >= 4 is 0 Å². The fourth-order valence-electron chi connectivity index (χ4n) is 2.99. The molecule has 0 bridgehead atoms. The van der Waals surface area contributed by atoms with Crippen molar-refractivity contribution in [1.29, 1.82) is 0 Å². The smallest absolute Gasteiger partial charge is 0.0480 e. The third-order valence-corrected chi connectivity index (χ3v) is 4.32. The molecule has 2 atom stereocenters. The molecule has 2 fully saturated rings. The van der Waals surface area contributed by atoms with Crippen LogP contribution in [0.5, 0.6) is 0 Å². The van der Waals surface area contributed by atoms with Crippen LogP contribution < -0.4 is 5.32 Å². The zero-order valence-corrected chi connectivity index (χ0v) is 11.8. The first-order valence-corrected chi connectivity index (χ1v) is 7.05. The van der Waals surface area contributed by atoms with E-state index in [4.69, 9.17) is 4.74 Å². The lowest BCUT2D eigenvalue weighted by Crippen LogP contribution is -2.62. The summed E-state index contributed by atoms with van der Waals surface area (Å²) in [5.41, 5.74) is 0.351. The van der Waals surface area contributed by atoms with Gasteiger partial charge in [-0.3, -0.25) is 4.90 Å². The summed E-state index contributed by atoms with van der Waals surface area (Å²) in [6.07, 6.45) is 2.42. The number of nitrogens with zero attached hydrogens (tertiary/aromatic N) is 1. The maximum absolute atomic E-state index is 5.48. The summed E-state index contributed by atoms with van der Waals surface area (Å²) in [6, 6.07) is 2.02. The first-order valence-electron chi connectivity index (χ1n) is 7.05. The highest BCUT2D eigenvalue weighted by Gasteiger charge is 2.35. The van der Waals surface area contributed by atoms with Crippen LogP contribution in [0.4, 0.5) is 0 Å². The van der Waals surface area contributed by atoms with Gasteiger partial charge in [-0.2, -0.15) is 0 Å². The lowest BCUT2D eigenvalue weighted by Gasteiger charge is -2.48. The van der Waals surface area contributed by atoms with E-state index in [1.807, 2.05) is 0 Å². The summed E-state index contributed by atoms with van der Waals surface area (Å²) in [7, 11) is 0. The van der Waals surface area contributed by atoms with Gasteiger partial charge < -0.3 is 10.1 Å². The Balaban J connectivity index is 1.99. The van der Waals surface area contributed by atoms with Crippen LogP contribution in [0, 0.1) is 5.41 Å². The number of hydrogen-bond donors (Lipinski definition) is 1. The van der Waals surface area contributed by atoms with Crippen LogP contribution in [0.3, 0.4) is 0 Å². The Hall–Kier alpha value is -0.120. The topological polar surface area (TPSA) is 24.5 Å². The Morgan fingerprint density at radius 1 is 1.18 bits per heavy atom. The summed E-state index contributed by atoms with van der Waals surface area (Å²) >= 11 is 0. The summed E-state index contributed by atoms with van der Waals surface area (Å²) in [6.45, 7) is 13.6. The number of ether oxygens (including phenoxy) is 1. The summed E-state index contributed by atoms with van der Waals surface area (Å²) in [5, 5.41) is 3.70. The SMILES string of the molecule is CC1CNC(C(C)(C)C)CN1C1CCOCC1. The maximum Gasteiger partial charge on any atom is 0.0480 e. The van der Waals surface area contributed by atoms with Gasteiger partial charge in [-0.05, 0) is 25.2 Å². The molecule has 2 heterocycles. The number of piperazine rings is 1. The van der Waals surface area contributed by atoms with E-state index >= 15 is 0 Å². The molecule has 2 unspecified atom stereocenters. The number of rotatable bonds is 1. The van der Waals surface area contributed by atoms with E-state index in [-0.39, 0.29) is 0 Å². The molecule has 1 N–H and O–H groups in total. The molecule has 0 aromatic carbocycles. The minimum absolute atomic E-state index is 0.351. The number of nitrogens with one attached hydrogen (secondary N) is 1. The highest BCUT2D eigenvalue weighted by Crippen LogP contribution is 2.26. The highest BCUT2D eigenvalue weighted by molar-refractivity contribution is 4.93. The van der Waals surface area contributed by atoms with E-state index in [1.165, 1.54) is 19.4 Å². The largest absolute Gasteiger partial charge is 0.381 e. The zero-order valence-electron chi connectivity index (χ0n) is 11.8. The zero-order chi connectivity index (χ0) is 12.5. The van der Waals surface area contributed by atoms with E-state index in [0.717, 1.165) is 25.8 Å². The summed E-state index contributed by atoms with van der Waals surface area (Å²) in [4.78, 5) is 2.72. The van der Waals surface area contributed by atoms with Crippen molar-refractivity contribution in [2.24, 2.45) is 5.41 Å². The standard InChI is InChI=1S/C14H28N2O/c1-11-9-15-13(14(2,3)4)10-16(11)12-5-7-17-8-6-12/h11-13,15H,5-10H2,1-4H3. The highest BCUT2D eigenvalue weighted by atomic mass is 16.5. The summed E-state index contributed by atoms with van der Waals surface area (Å²) in [5.74, 6) is 0. The molecule has 0 aromatic rings. The second kappa shape index (κ2) is 5.25. The van der Waals surface area contributed by atoms with Gasteiger partial charge in [-0.1, -0.05) is 20.8 Å². The van der Waals surface area contributed by atoms with Crippen LogP contribution in [0.1, 0.15) is 40.5 Å². The second-order valence-corrected chi connectivity index (χ2v) is 6.72. The van der Waals surface area contributed by atoms with Crippen molar-refractivity contribution in [2.45, 2.75) is 58.7 Å². The monoisotopic (exact) mass is 240 g/mol. The van der Waals surface area contributed by atoms with Gasteiger partial charge in [0.05, 0.1) is 0 Å². The first kappa shape index (κ1) is 13.3. The third-order valence-electron chi connectivity index (χ3n) is 4.32. The van der Waals surface area contributed by atoms with Crippen LogP contribution >= 0.6 is 0 Å². The molecule has 0 spiro atoms. The van der Waals surface area contributed by atoms with Gasteiger partial charge >= 0.3 is 0 Å². The van der Waals surface area contributed by atoms with Gasteiger partial charge in [0.15, 0.2) is 0 Å². The molecule has 2 saturated heterocycles. The van der Waals surface area contributed by atoms with Gasteiger partial charge in [-0.25, -0.2) is 0 Å². The normalized spacial score (nSPS) is 33.9. The lowest BCUT2D eigenvalue weighted by atomic mass is 9.84. The molecule has 3 heteroatoms. The van der Waals surface area contributed by atoms with Crippen LogP contribution in [-0.2, 0) is 4.74 Å². The van der Waals surface area contributed by atoms with Crippen LogP contribution in [0.25, 0.3) is 0 Å². The van der Waals surface area contributed by atoms with Crippen LogP contribution in [0.2, 0.25) is 0 Å². The van der Waals surface area contributed by atoms with Crippen molar-refractivity contribution in [1.82, 2.24) is 10.2 Å². The minimum Gasteiger partial charge on any atom is -0.381 e. The molecule has 0 aromatic heterocycles. The van der Waals surface area contributed by atoms with Gasteiger partial charge in [0, 0.05) is 44.4 Å². The molecule has 0 radical (unpaired) electrons. The molecule has 3 nitrogen and oxygen atoms in total. The second-order valence-electron chi connectivity index (χ2n) is 6.72. The fourth-order valence-corrected chi connectivity index (χ4v) is 2.99. The third kappa shape index (κ3) is 3.21. The van der Waals surface area contributed by atoms with Gasteiger partial charge in [0.2, 0.25) is 0 Å². The molecule has 0 saturated carbocycles. The maximum atomic E-state index is 5.48. The Morgan fingerprint density at radius 3 is 2.41 bits per heavy atom. The van der Waals surface area contributed by atoms with E-state index < -0.39 is 0 Å². The Kier molecular flexibility index (Phi) is 4.11. The predicted molar refractivity (Wildman–Crippen MR) is 71.3 cm³/mol. The predicted octanol–water partition coefficient (Wildman–Crippen LogP) is 1.87. The van der Waals surface area contributed by atoms with Gasteiger partial charge in [-0.15, -0.1) is 0 Å². The molecule has 100 valence electrons. The quantitative estimate of drug-likeness (QED) is 0.757. The van der Waals surface area contributed by atoms with Gasteiger partial charge in [0.25, 0.3) is 0 Å². The van der Waals surface area contributed by atoms with Gasteiger partial charge in [0.1, 0.15) is 0 Å². The average molecular weight is 240 g/mol. The minimum atomic E-state index is 0.351. The van der Waals surface area contributed by atoms with E-state index in [1.54, 1.807) is 0 Å². The Morgan fingerprint density at radius 2 is 1.82 bits per heavy atom. The van der Waals surface area contributed by atoms with Crippen molar-refractivity contribution in [2.75, 3.05) is 26.3 Å². The molecule has 2 aliphatic heterocycles. The molecule has 0 amide bonds. The van der Waals surface area contributed by atoms with Crippen molar-refractivity contribution < 1.29 is 4.74 Å². The fraction of sp³-hybridized carbons (Fsp3) is 1.00. The Labute approximate surface area is 106 Å². The average Bonchev–Trinajstić information content (AvgIpc) is 2.29. The number of hydrogen-bond acceptors (Lipinski definition) is 3. The van der Waals surface area contributed by atoms with E-state index in [0.29, 0.717) is 17.5 Å². The molecule has 17 heavy (non-hydrogen) atoms. The van der Waals surface area contributed by atoms with Crippen LogP contribution in [-0.4, -0.2) is 49.3 Å². The van der Waals surface area contributed by atoms with Crippen LogP contribution in [0.15, 0.2) is 0 Å². The molecular weight excluding hydrogens is 212 g/mol. The molecule has 2 rings (SSSR count). The molecular formula is C14H28N2O. The summed E-state index contributed by atoms with van der Waals surface area (Å²) < 4.78 is 5.48. The lowest BCUT2D eigenvalue weighted by molar-refractivity contribution is -0.00647. The Bertz CT molecular complexity index is 243. The van der Waals surface area contributed by atoms with Crippen molar-refractivity contribution in [3.8, 4) is 0 Å². The van der Waals surface area contributed by atoms with E-state index in [9.17, 15) is 0 Å². The van der Waals surface area contributed by atoms with E-state index in [2.05, 4.69) is 37.9 Å². The molecule has 2 aliphatic rings. The van der Waals surface area contributed by atoms with Crippen molar-refractivity contribution in [3.63, 3.8) is 0 Å². The first-order chi connectivity index (χ1) is 7.98. The van der Waals surface area contributed by atoms with Crippen molar-refractivity contribution in [3.05, 3.63) is 0 Å². The molecule has 0 aliphatic carbocycles.